The molecule has 0 radical (unpaired) electrons. The lowest BCUT2D eigenvalue weighted by Crippen LogP contribution is -2.47. The number of amides is 3. The number of nitrogens with zero attached hydrogens (tertiary/aromatic N) is 4. The average molecular weight is 366 g/mol. The monoisotopic (exact) mass is 365 g/mol. The van der Waals surface area contributed by atoms with E-state index in [1.54, 1.807) is 23.9 Å². The van der Waals surface area contributed by atoms with Crippen LogP contribution in [0.5, 0.6) is 0 Å². The van der Waals surface area contributed by atoms with E-state index in [1.807, 2.05) is 0 Å². The summed E-state index contributed by atoms with van der Waals surface area (Å²) in [6.45, 7) is 1.18. The van der Waals surface area contributed by atoms with Gasteiger partial charge in [-0.1, -0.05) is 30.6 Å². The van der Waals surface area contributed by atoms with Crippen LogP contribution in [0.4, 0.5) is 9.93 Å². The van der Waals surface area contributed by atoms with Crippen molar-refractivity contribution in [1.29, 1.82) is 0 Å². The highest BCUT2D eigenvalue weighted by Gasteiger charge is 2.30. The quantitative estimate of drug-likeness (QED) is 0.893. The molecule has 1 unspecified atom stereocenters. The normalized spacial score (nSPS) is 21.8. The molecule has 1 aliphatic carbocycles. The van der Waals surface area contributed by atoms with E-state index in [1.165, 1.54) is 43.4 Å². The number of urea groups is 1. The summed E-state index contributed by atoms with van der Waals surface area (Å²) >= 11 is 1.50. The lowest BCUT2D eigenvalue weighted by molar-refractivity contribution is -0.121. The number of carbonyl (C=O) groups is 2. The molecule has 138 valence electrons. The molecule has 3 rings (SSSR count). The number of hydrogen-bond acceptors (Lipinski definition) is 5. The number of likely N-dealkylation sites (tertiary alicyclic amines) is 1. The van der Waals surface area contributed by atoms with Crippen molar-refractivity contribution in [3.05, 3.63) is 5.01 Å². The van der Waals surface area contributed by atoms with Crippen LogP contribution in [0.2, 0.25) is 0 Å². The molecule has 3 amide bonds. The maximum Gasteiger partial charge on any atom is 0.319 e. The van der Waals surface area contributed by atoms with Gasteiger partial charge in [0.15, 0.2) is 0 Å². The molecule has 0 bridgehead atoms. The number of piperidine rings is 1. The minimum atomic E-state index is -0.181. The summed E-state index contributed by atoms with van der Waals surface area (Å²) < 4.78 is 0. The molecule has 8 heteroatoms. The minimum Gasteiger partial charge on any atom is -0.331 e. The first kappa shape index (κ1) is 18.1. The first-order valence-corrected chi connectivity index (χ1v) is 9.96. The molecule has 1 saturated carbocycles. The molecule has 1 aromatic heterocycles. The molecular formula is C17H27N5O2S. The Bertz CT molecular complexity index is 612. The maximum absolute atomic E-state index is 12.6. The molecule has 1 saturated heterocycles. The van der Waals surface area contributed by atoms with Crippen molar-refractivity contribution in [2.24, 2.45) is 5.92 Å². The van der Waals surface area contributed by atoms with Gasteiger partial charge in [-0.3, -0.25) is 4.79 Å². The van der Waals surface area contributed by atoms with E-state index >= 15 is 0 Å². The molecule has 1 aliphatic heterocycles. The van der Waals surface area contributed by atoms with Crippen LogP contribution in [0.15, 0.2) is 0 Å². The molecule has 2 fully saturated rings. The number of anilines is 1. The first-order chi connectivity index (χ1) is 12.0. The molecule has 0 aromatic carbocycles. The fourth-order valence-corrected chi connectivity index (χ4v) is 4.57. The predicted molar refractivity (Wildman–Crippen MR) is 97.7 cm³/mol. The summed E-state index contributed by atoms with van der Waals surface area (Å²) in [5, 5.41) is 13.0. The summed E-state index contributed by atoms with van der Waals surface area (Å²) in [5.41, 5.74) is 0. The van der Waals surface area contributed by atoms with Gasteiger partial charge in [0.05, 0.1) is 5.92 Å². The van der Waals surface area contributed by atoms with Crippen LogP contribution in [0.1, 0.15) is 55.9 Å². The Labute approximate surface area is 152 Å². The predicted octanol–water partition coefficient (Wildman–Crippen LogP) is 2.92. The van der Waals surface area contributed by atoms with Crippen LogP contribution in [0.3, 0.4) is 0 Å². The molecule has 1 aromatic rings. The third kappa shape index (κ3) is 4.48. The average Bonchev–Trinajstić information content (AvgIpc) is 3.10. The van der Waals surface area contributed by atoms with Gasteiger partial charge in [0.1, 0.15) is 5.01 Å². The van der Waals surface area contributed by atoms with Crippen molar-refractivity contribution >= 4 is 28.4 Å². The van der Waals surface area contributed by atoms with Gasteiger partial charge in [0.25, 0.3) is 0 Å². The Morgan fingerprint density at radius 1 is 1.12 bits per heavy atom. The van der Waals surface area contributed by atoms with Gasteiger partial charge >= 0.3 is 6.03 Å². The molecule has 2 aliphatic rings. The fraction of sp³-hybridized carbons (Fsp3) is 0.765. The summed E-state index contributed by atoms with van der Waals surface area (Å²) in [7, 11) is 3.47. The Morgan fingerprint density at radius 2 is 1.88 bits per heavy atom. The second kappa shape index (κ2) is 8.12. The van der Waals surface area contributed by atoms with Crippen molar-refractivity contribution in [3.8, 4) is 0 Å². The van der Waals surface area contributed by atoms with Crippen LogP contribution < -0.4 is 5.32 Å². The Morgan fingerprint density at radius 3 is 2.60 bits per heavy atom. The number of rotatable bonds is 3. The topological polar surface area (TPSA) is 78.4 Å². The molecule has 7 nitrogen and oxygen atoms in total. The van der Waals surface area contributed by atoms with Crippen molar-refractivity contribution in [2.75, 3.05) is 32.5 Å². The van der Waals surface area contributed by atoms with Gasteiger partial charge in [-0.25, -0.2) is 4.79 Å². The second-order valence-electron chi connectivity index (χ2n) is 7.23. The molecule has 25 heavy (non-hydrogen) atoms. The van der Waals surface area contributed by atoms with Crippen LogP contribution in [0, 0.1) is 5.92 Å². The summed E-state index contributed by atoms with van der Waals surface area (Å²) in [5.74, 6) is 0.266. The minimum absolute atomic E-state index is 0.0343. The maximum atomic E-state index is 12.6. The van der Waals surface area contributed by atoms with Gasteiger partial charge in [0.2, 0.25) is 11.0 Å². The number of hydrogen-bond donors (Lipinski definition) is 1. The highest BCUT2D eigenvalue weighted by molar-refractivity contribution is 7.15. The van der Waals surface area contributed by atoms with Gasteiger partial charge in [0, 0.05) is 33.1 Å². The SMILES string of the molecule is CN(C)C(=O)N1CCCC(C(=O)Nc2nnc(C3CCCCC3)s2)C1. The lowest BCUT2D eigenvalue weighted by Gasteiger charge is -2.33. The number of aromatic nitrogens is 2. The van der Waals surface area contributed by atoms with Gasteiger partial charge in [-0.15, -0.1) is 10.2 Å². The molecule has 1 N–H and O–H groups in total. The van der Waals surface area contributed by atoms with Crippen LogP contribution in [0.25, 0.3) is 0 Å². The van der Waals surface area contributed by atoms with E-state index in [9.17, 15) is 9.59 Å². The third-order valence-corrected chi connectivity index (χ3v) is 6.07. The zero-order valence-electron chi connectivity index (χ0n) is 15.0. The Kier molecular flexibility index (Phi) is 5.88. The molecule has 1 atom stereocenters. The zero-order chi connectivity index (χ0) is 17.8. The smallest absolute Gasteiger partial charge is 0.319 e. The van der Waals surface area contributed by atoms with E-state index in [2.05, 4.69) is 15.5 Å². The number of nitrogens with one attached hydrogen (secondary N) is 1. The van der Waals surface area contributed by atoms with Gasteiger partial charge in [-0.05, 0) is 25.7 Å². The lowest BCUT2D eigenvalue weighted by atomic mass is 9.90. The Balaban J connectivity index is 1.56. The summed E-state index contributed by atoms with van der Waals surface area (Å²) in [6, 6.07) is -0.0343. The molecule has 2 heterocycles. The summed E-state index contributed by atoms with van der Waals surface area (Å²) in [6.07, 6.45) is 7.81. The standard InChI is InChI=1S/C17H27N5O2S/c1-21(2)17(24)22-10-6-9-13(11-22)14(23)18-16-20-19-15(25-16)12-7-4-3-5-8-12/h12-13H,3-11H2,1-2H3,(H,18,20,23). The van der Waals surface area contributed by atoms with E-state index in [4.69, 9.17) is 0 Å². The highest BCUT2D eigenvalue weighted by Crippen LogP contribution is 2.35. The Hall–Kier alpha value is -1.70. The zero-order valence-corrected chi connectivity index (χ0v) is 15.8. The van der Waals surface area contributed by atoms with Gasteiger partial charge in [-0.2, -0.15) is 0 Å². The van der Waals surface area contributed by atoms with Crippen LogP contribution >= 0.6 is 11.3 Å². The second-order valence-corrected chi connectivity index (χ2v) is 8.24. The fourth-order valence-electron chi connectivity index (χ4n) is 3.65. The third-order valence-electron chi connectivity index (χ3n) is 5.07. The van der Waals surface area contributed by atoms with Gasteiger partial charge < -0.3 is 15.1 Å². The van der Waals surface area contributed by atoms with Crippen LogP contribution in [-0.4, -0.2) is 59.1 Å². The molecule has 0 spiro atoms. The van der Waals surface area contributed by atoms with Crippen molar-refractivity contribution in [2.45, 2.75) is 50.9 Å². The molecular weight excluding hydrogens is 338 g/mol. The van der Waals surface area contributed by atoms with E-state index in [-0.39, 0.29) is 17.9 Å². The first-order valence-electron chi connectivity index (χ1n) is 9.15. The summed E-state index contributed by atoms with van der Waals surface area (Å²) in [4.78, 5) is 28.0. The van der Waals surface area contributed by atoms with Crippen molar-refractivity contribution in [3.63, 3.8) is 0 Å². The van der Waals surface area contributed by atoms with Crippen molar-refractivity contribution < 1.29 is 9.59 Å². The van der Waals surface area contributed by atoms with Crippen molar-refractivity contribution in [1.82, 2.24) is 20.0 Å². The van der Waals surface area contributed by atoms with E-state index in [0.717, 1.165) is 17.8 Å². The largest absolute Gasteiger partial charge is 0.331 e. The van der Waals surface area contributed by atoms with E-state index < -0.39 is 0 Å². The number of carbonyl (C=O) groups excluding carboxylic acids is 2. The highest BCUT2D eigenvalue weighted by atomic mass is 32.1. The van der Waals surface area contributed by atoms with E-state index in [0.29, 0.717) is 24.1 Å². The van der Waals surface area contributed by atoms with Crippen LogP contribution in [-0.2, 0) is 4.79 Å².